The smallest absolute Gasteiger partial charge is 0.205 e. The largest absolute Gasteiger partial charge is 0.344 e. The Morgan fingerprint density at radius 2 is 2.54 bits per heavy atom. The molecule has 4 heteroatoms. The molecule has 0 amide bonds. The van der Waals surface area contributed by atoms with Crippen LogP contribution in [0, 0.1) is 0 Å². The van der Waals surface area contributed by atoms with Gasteiger partial charge in [-0.25, -0.2) is 4.98 Å². The highest BCUT2D eigenvalue weighted by molar-refractivity contribution is 7.09. The van der Waals surface area contributed by atoms with Gasteiger partial charge in [0.05, 0.1) is 0 Å². The lowest BCUT2D eigenvalue weighted by Gasteiger charge is -2.34. The number of anilines is 1. The van der Waals surface area contributed by atoms with Gasteiger partial charge in [0.25, 0.3) is 0 Å². The van der Waals surface area contributed by atoms with Crippen molar-refractivity contribution < 1.29 is 0 Å². The van der Waals surface area contributed by atoms with Gasteiger partial charge in [-0.05, 0) is 25.7 Å². The van der Waals surface area contributed by atoms with Gasteiger partial charge in [0.1, 0.15) is 6.33 Å². The summed E-state index contributed by atoms with van der Waals surface area (Å²) in [5.74, 6) is 0. The van der Waals surface area contributed by atoms with E-state index in [1.165, 1.54) is 37.2 Å². The van der Waals surface area contributed by atoms with Crippen molar-refractivity contribution in [1.82, 2.24) is 9.36 Å². The van der Waals surface area contributed by atoms with E-state index in [4.69, 9.17) is 0 Å². The fraction of sp³-hybridized carbons (Fsp3) is 0.778. The summed E-state index contributed by atoms with van der Waals surface area (Å²) in [6.07, 6.45) is 6.86. The first kappa shape index (κ1) is 8.94. The van der Waals surface area contributed by atoms with E-state index in [9.17, 15) is 0 Å². The second-order valence-electron chi connectivity index (χ2n) is 3.48. The number of hydrogen-bond acceptors (Lipinski definition) is 4. The Morgan fingerprint density at radius 1 is 1.62 bits per heavy atom. The minimum Gasteiger partial charge on any atom is -0.344 e. The Labute approximate surface area is 83.0 Å². The van der Waals surface area contributed by atoms with E-state index in [0.29, 0.717) is 6.04 Å². The molecule has 13 heavy (non-hydrogen) atoms. The van der Waals surface area contributed by atoms with Crippen LogP contribution in [0.1, 0.15) is 32.6 Å². The van der Waals surface area contributed by atoms with E-state index in [1.807, 2.05) is 0 Å². The van der Waals surface area contributed by atoms with Crippen LogP contribution in [0.25, 0.3) is 0 Å². The lowest BCUT2D eigenvalue weighted by Crippen LogP contribution is -2.38. The van der Waals surface area contributed by atoms with Gasteiger partial charge in [-0.1, -0.05) is 6.92 Å². The molecule has 2 heterocycles. The Hall–Kier alpha value is -0.640. The van der Waals surface area contributed by atoms with E-state index in [2.05, 4.69) is 21.2 Å². The quantitative estimate of drug-likeness (QED) is 0.728. The summed E-state index contributed by atoms with van der Waals surface area (Å²) < 4.78 is 4.06. The standard InChI is InChI=1S/C9H15N3S/c1-2-8-5-3-4-6-12(8)9-10-7-11-13-9/h7-8H,2-6H2,1H3. The summed E-state index contributed by atoms with van der Waals surface area (Å²) in [5.41, 5.74) is 0. The molecule has 1 saturated heterocycles. The Morgan fingerprint density at radius 3 is 3.23 bits per heavy atom. The highest BCUT2D eigenvalue weighted by Crippen LogP contribution is 2.26. The van der Waals surface area contributed by atoms with E-state index < -0.39 is 0 Å². The third-order valence-corrected chi connectivity index (χ3v) is 3.40. The first-order chi connectivity index (χ1) is 6.42. The average molecular weight is 197 g/mol. The molecular weight excluding hydrogens is 182 g/mol. The third-order valence-electron chi connectivity index (χ3n) is 2.69. The minimum atomic E-state index is 0.696. The number of nitrogens with zero attached hydrogens (tertiary/aromatic N) is 3. The lowest BCUT2D eigenvalue weighted by molar-refractivity contribution is 0.449. The lowest BCUT2D eigenvalue weighted by atomic mass is 10.0. The summed E-state index contributed by atoms with van der Waals surface area (Å²) in [5, 5.41) is 1.10. The van der Waals surface area contributed by atoms with Crippen LogP contribution < -0.4 is 4.90 Å². The molecule has 2 rings (SSSR count). The second kappa shape index (κ2) is 4.05. The summed E-state index contributed by atoms with van der Waals surface area (Å²) in [6.45, 7) is 3.41. The van der Waals surface area contributed by atoms with Crippen LogP contribution in [0.2, 0.25) is 0 Å². The van der Waals surface area contributed by atoms with E-state index in [0.717, 1.165) is 11.7 Å². The van der Waals surface area contributed by atoms with Crippen molar-refractivity contribution in [2.75, 3.05) is 11.4 Å². The molecule has 0 spiro atoms. The number of rotatable bonds is 2. The molecule has 0 aromatic carbocycles. The fourth-order valence-corrected chi connectivity index (χ4v) is 2.60. The van der Waals surface area contributed by atoms with Gasteiger partial charge in [-0.2, -0.15) is 4.37 Å². The van der Waals surface area contributed by atoms with Gasteiger partial charge >= 0.3 is 0 Å². The summed E-state index contributed by atoms with van der Waals surface area (Å²) in [6, 6.07) is 0.696. The highest BCUT2D eigenvalue weighted by Gasteiger charge is 2.22. The molecule has 0 aliphatic carbocycles. The van der Waals surface area contributed by atoms with Crippen molar-refractivity contribution >= 4 is 16.7 Å². The summed E-state index contributed by atoms with van der Waals surface area (Å²) in [4.78, 5) is 6.69. The van der Waals surface area contributed by atoms with Crippen molar-refractivity contribution in [3.63, 3.8) is 0 Å². The zero-order valence-electron chi connectivity index (χ0n) is 7.94. The predicted octanol–water partition coefficient (Wildman–Crippen LogP) is 2.31. The topological polar surface area (TPSA) is 29.0 Å². The van der Waals surface area contributed by atoms with E-state index in [1.54, 1.807) is 6.33 Å². The van der Waals surface area contributed by atoms with Gasteiger partial charge in [-0.15, -0.1) is 0 Å². The van der Waals surface area contributed by atoms with Crippen LogP contribution in [0.3, 0.4) is 0 Å². The molecule has 1 unspecified atom stereocenters. The summed E-state index contributed by atoms with van der Waals surface area (Å²) >= 11 is 1.51. The van der Waals surface area contributed by atoms with Crippen LogP contribution in [0.4, 0.5) is 5.13 Å². The first-order valence-corrected chi connectivity index (χ1v) is 5.72. The number of hydrogen-bond donors (Lipinski definition) is 0. The van der Waals surface area contributed by atoms with Crippen molar-refractivity contribution in [3.8, 4) is 0 Å². The monoisotopic (exact) mass is 197 g/mol. The molecule has 1 aliphatic rings. The van der Waals surface area contributed by atoms with Crippen LogP contribution in [-0.2, 0) is 0 Å². The van der Waals surface area contributed by atoms with Crippen molar-refractivity contribution in [3.05, 3.63) is 6.33 Å². The zero-order valence-corrected chi connectivity index (χ0v) is 8.76. The van der Waals surface area contributed by atoms with Gasteiger partial charge in [0.15, 0.2) is 0 Å². The second-order valence-corrected chi connectivity index (χ2v) is 4.23. The van der Waals surface area contributed by atoms with Gasteiger partial charge in [0, 0.05) is 24.1 Å². The molecule has 1 aliphatic heterocycles. The number of piperidine rings is 1. The maximum Gasteiger partial charge on any atom is 0.205 e. The molecule has 0 saturated carbocycles. The van der Waals surface area contributed by atoms with Crippen molar-refractivity contribution in [2.24, 2.45) is 0 Å². The Balaban J connectivity index is 2.11. The molecule has 0 radical (unpaired) electrons. The van der Waals surface area contributed by atoms with Gasteiger partial charge < -0.3 is 4.90 Å². The van der Waals surface area contributed by atoms with Gasteiger partial charge in [0.2, 0.25) is 5.13 Å². The minimum absolute atomic E-state index is 0.696. The molecule has 0 N–H and O–H groups in total. The Bertz CT molecular complexity index is 247. The molecule has 3 nitrogen and oxygen atoms in total. The molecule has 0 bridgehead atoms. The Kier molecular flexibility index (Phi) is 2.78. The molecule has 1 aromatic rings. The molecule has 72 valence electrons. The third kappa shape index (κ3) is 1.82. The predicted molar refractivity (Wildman–Crippen MR) is 55.2 cm³/mol. The fourth-order valence-electron chi connectivity index (χ4n) is 1.97. The molecular formula is C9H15N3S. The van der Waals surface area contributed by atoms with Crippen LogP contribution in [-0.4, -0.2) is 21.9 Å². The maximum absolute atomic E-state index is 4.27. The van der Waals surface area contributed by atoms with Gasteiger partial charge in [-0.3, -0.25) is 0 Å². The zero-order chi connectivity index (χ0) is 9.10. The molecule has 1 fully saturated rings. The summed E-state index contributed by atoms with van der Waals surface area (Å²) in [7, 11) is 0. The van der Waals surface area contributed by atoms with Crippen LogP contribution in [0.15, 0.2) is 6.33 Å². The normalized spacial score (nSPS) is 23.5. The maximum atomic E-state index is 4.27. The molecule has 1 atom stereocenters. The van der Waals surface area contributed by atoms with E-state index >= 15 is 0 Å². The number of aromatic nitrogens is 2. The van der Waals surface area contributed by atoms with Crippen molar-refractivity contribution in [1.29, 1.82) is 0 Å². The average Bonchev–Trinajstić information content (AvgIpc) is 2.70. The SMILES string of the molecule is CCC1CCCCN1c1ncns1. The van der Waals surface area contributed by atoms with Crippen LogP contribution >= 0.6 is 11.5 Å². The van der Waals surface area contributed by atoms with Crippen LogP contribution in [0.5, 0.6) is 0 Å². The highest BCUT2D eigenvalue weighted by atomic mass is 32.1. The first-order valence-electron chi connectivity index (χ1n) is 4.95. The van der Waals surface area contributed by atoms with Crippen molar-refractivity contribution in [2.45, 2.75) is 38.6 Å². The molecule has 1 aromatic heterocycles. The van der Waals surface area contributed by atoms with E-state index in [-0.39, 0.29) is 0 Å².